The first kappa shape index (κ1) is 15.6. The Kier molecular flexibility index (Phi) is 5.39. The second-order valence-electron chi connectivity index (χ2n) is 5.83. The number of benzene rings is 1. The van der Waals surface area contributed by atoms with Gasteiger partial charge in [-0.2, -0.15) is 0 Å². The Labute approximate surface area is 126 Å². The minimum atomic E-state index is 0.233. The Morgan fingerprint density at radius 2 is 1.90 bits per heavy atom. The first-order valence-electron chi connectivity index (χ1n) is 7.51. The van der Waals surface area contributed by atoms with Crippen LogP contribution < -0.4 is 0 Å². The van der Waals surface area contributed by atoms with Crippen LogP contribution in [0.3, 0.4) is 0 Å². The molecule has 0 radical (unpaired) electrons. The third-order valence-corrected chi connectivity index (χ3v) is 3.82. The van der Waals surface area contributed by atoms with Crippen LogP contribution in [0.1, 0.15) is 18.4 Å². The van der Waals surface area contributed by atoms with Gasteiger partial charge < -0.3 is 14.8 Å². The van der Waals surface area contributed by atoms with Crippen molar-refractivity contribution < 1.29 is 4.79 Å². The predicted octanol–water partition coefficient (Wildman–Crippen LogP) is 2.51. The van der Waals surface area contributed by atoms with Crippen LogP contribution in [-0.4, -0.2) is 54.9 Å². The van der Waals surface area contributed by atoms with Crippen molar-refractivity contribution in [3.63, 3.8) is 0 Å². The highest BCUT2D eigenvalue weighted by atomic mass is 16.2. The summed E-state index contributed by atoms with van der Waals surface area (Å²) in [7, 11) is 5.93. The molecule has 0 spiro atoms. The average Bonchev–Trinajstić information content (AvgIpc) is 2.88. The number of hydrogen-bond donors (Lipinski definition) is 1. The van der Waals surface area contributed by atoms with E-state index in [9.17, 15) is 4.79 Å². The molecule has 1 aromatic heterocycles. The Balaban J connectivity index is 1.80. The van der Waals surface area contributed by atoms with E-state index in [2.05, 4.69) is 34.3 Å². The van der Waals surface area contributed by atoms with Gasteiger partial charge in [0.1, 0.15) is 0 Å². The van der Waals surface area contributed by atoms with Crippen molar-refractivity contribution in [3.8, 4) is 0 Å². The van der Waals surface area contributed by atoms with E-state index < -0.39 is 0 Å². The zero-order chi connectivity index (χ0) is 15.2. The summed E-state index contributed by atoms with van der Waals surface area (Å²) in [6.07, 6.45) is 4.51. The molecule has 1 heterocycles. The second-order valence-corrected chi connectivity index (χ2v) is 5.83. The molecular formula is C17H25N3O. The predicted molar refractivity (Wildman–Crippen MR) is 87.4 cm³/mol. The number of fused-ring (bicyclic) bond motifs is 1. The number of H-pyrrole nitrogens is 1. The largest absolute Gasteiger partial charge is 0.361 e. The molecule has 2 aromatic rings. The summed E-state index contributed by atoms with van der Waals surface area (Å²) in [4.78, 5) is 19.2. The first-order valence-corrected chi connectivity index (χ1v) is 7.51. The van der Waals surface area contributed by atoms with Crippen LogP contribution >= 0.6 is 0 Å². The van der Waals surface area contributed by atoms with E-state index >= 15 is 0 Å². The summed E-state index contributed by atoms with van der Waals surface area (Å²) >= 11 is 0. The maximum atomic E-state index is 12.0. The smallest absolute Gasteiger partial charge is 0.222 e. The molecule has 1 aromatic carbocycles. The lowest BCUT2D eigenvalue weighted by molar-refractivity contribution is -0.130. The van der Waals surface area contributed by atoms with Crippen molar-refractivity contribution in [3.05, 3.63) is 36.0 Å². The molecule has 114 valence electrons. The van der Waals surface area contributed by atoms with E-state index in [-0.39, 0.29) is 5.91 Å². The van der Waals surface area contributed by atoms with E-state index in [0.717, 1.165) is 25.9 Å². The number of aromatic amines is 1. The summed E-state index contributed by atoms with van der Waals surface area (Å²) < 4.78 is 0. The van der Waals surface area contributed by atoms with Crippen molar-refractivity contribution in [2.75, 3.05) is 34.2 Å². The number of carbonyl (C=O) groups is 1. The van der Waals surface area contributed by atoms with Gasteiger partial charge in [-0.1, -0.05) is 18.2 Å². The number of amides is 1. The number of rotatable bonds is 7. The molecule has 21 heavy (non-hydrogen) atoms. The van der Waals surface area contributed by atoms with Crippen LogP contribution in [0.15, 0.2) is 30.5 Å². The first-order chi connectivity index (χ1) is 10.1. The van der Waals surface area contributed by atoms with Gasteiger partial charge >= 0.3 is 0 Å². The lowest BCUT2D eigenvalue weighted by atomic mass is 10.1. The van der Waals surface area contributed by atoms with Crippen LogP contribution in [0.5, 0.6) is 0 Å². The van der Waals surface area contributed by atoms with Crippen LogP contribution in [0, 0.1) is 0 Å². The van der Waals surface area contributed by atoms with Gasteiger partial charge in [-0.05, 0) is 38.6 Å². The molecule has 1 amide bonds. The molecule has 2 rings (SSSR count). The number of nitrogens with zero attached hydrogens (tertiary/aromatic N) is 2. The summed E-state index contributed by atoms with van der Waals surface area (Å²) in [6.45, 7) is 1.70. The van der Waals surface area contributed by atoms with E-state index in [0.29, 0.717) is 6.42 Å². The van der Waals surface area contributed by atoms with Crippen molar-refractivity contribution in [2.45, 2.75) is 19.3 Å². The van der Waals surface area contributed by atoms with E-state index in [1.165, 1.54) is 16.5 Å². The average molecular weight is 287 g/mol. The summed E-state index contributed by atoms with van der Waals surface area (Å²) in [5.74, 6) is 0.233. The Morgan fingerprint density at radius 3 is 2.67 bits per heavy atom. The van der Waals surface area contributed by atoms with Crippen LogP contribution in [0.25, 0.3) is 10.9 Å². The van der Waals surface area contributed by atoms with Gasteiger partial charge in [0.25, 0.3) is 0 Å². The third kappa shape index (κ3) is 4.33. The highest BCUT2D eigenvalue weighted by Gasteiger charge is 2.09. The van der Waals surface area contributed by atoms with Crippen LogP contribution in [-0.2, 0) is 11.2 Å². The SMILES string of the molecule is CN(C)CCN(C)C(=O)CCCc1c[nH]c2ccccc12. The second kappa shape index (κ2) is 7.27. The molecule has 0 atom stereocenters. The molecule has 4 heteroatoms. The monoisotopic (exact) mass is 287 g/mol. The number of para-hydroxylation sites is 1. The van der Waals surface area contributed by atoms with E-state index in [1.807, 2.05) is 32.1 Å². The molecule has 0 unspecified atom stereocenters. The molecule has 0 aliphatic heterocycles. The fourth-order valence-electron chi connectivity index (χ4n) is 2.43. The van der Waals surface area contributed by atoms with Crippen LogP contribution in [0.4, 0.5) is 0 Å². The molecule has 0 aliphatic carbocycles. The zero-order valence-electron chi connectivity index (χ0n) is 13.2. The topological polar surface area (TPSA) is 39.3 Å². The number of aromatic nitrogens is 1. The summed E-state index contributed by atoms with van der Waals surface area (Å²) in [5, 5.41) is 1.27. The standard InChI is InChI=1S/C17H25N3O/c1-19(2)11-12-20(3)17(21)10-6-7-14-13-18-16-9-5-4-8-15(14)16/h4-5,8-9,13,18H,6-7,10-12H2,1-3H3. The number of aryl methyl sites for hydroxylation is 1. The normalized spacial score (nSPS) is 11.2. The molecule has 0 saturated heterocycles. The molecule has 4 nitrogen and oxygen atoms in total. The number of nitrogens with one attached hydrogen (secondary N) is 1. The fourth-order valence-corrected chi connectivity index (χ4v) is 2.43. The Hall–Kier alpha value is -1.81. The molecule has 0 aliphatic rings. The van der Waals surface area contributed by atoms with Crippen LogP contribution in [0.2, 0.25) is 0 Å². The van der Waals surface area contributed by atoms with Gasteiger partial charge in [-0.3, -0.25) is 4.79 Å². The van der Waals surface area contributed by atoms with Gasteiger partial charge in [0.2, 0.25) is 5.91 Å². The Bertz CT molecular complexity index is 588. The quantitative estimate of drug-likeness (QED) is 0.850. The lowest BCUT2D eigenvalue weighted by Crippen LogP contribution is -2.33. The van der Waals surface area contributed by atoms with E-state index in [4.69, 9.17) is 0 Å². The van der Waals surface area contributed by atoms with Crippen molar-refractivity contribution in [1.29, 1.82) is 0 Å². The molecule has 0 saturated carbocycles. The number of hydrogen-bond acceptors (Lipinski definition) is 2. The summed E-state index contributed by atoms with van der Waals surface area (Å²) in [6, 6.07) is 8.30. The zero-order valence-corrected chi connectivity index (χ0v) is 13.2. The minimum Gasteiger partial charge on any atom is -0.361 e. The van der Waals surface area contributed by atoms with Gasteiger partial charge in [0, 0.05) is 43.7 Å². The third-order valence-electron chi connectivity index (χ3n) is 3.82. The van der Waals surface area contributed by atoms with Crippen molar-refractivity contribution in [2.24, 2.45) is 0 Å². The lowest BCUT2D eigenvalue weighted by Gasteiger charge is -2.19. The Morgan fingerprint density at radius 1 is 1.14 bits per heavy atom. The molecule has 1 N–H and O–H groups in total. The number of likely N-dealkylation sites (N-methyl/N-ethyl adjacent to an activating group) is 2. The maximum absolute atomic E-state index is 12.0. The van der Waals surface area contributed by atoms with Gasteiger partial charge in [0.05, 0.1) is 0 Å². The molecule has 0 bridgehead atoms. The van der Waals surface area contributed by atoms with E-state index in [1.54, 1.807) is 0 Å². The van der Waals surface area contributed by atoms with Crippen molar-refractivity contribution in [1.82, 2.24) is 14.8 Å². The van der Waals surface area contributed by atoms with Gasteiger partial charge in [0.15, 0.2) is 0 Å². The maximum Gasteiger partial charge on any atom is 0.222 e. The highest BCUT2D eigenvalue weighted by molar-refractivity contribution is 5.83. The van der Waals surface area contributed by atoms with Gasteiger partial charge in [-0.25, -0.2) is 0 Å². The van der Waals surface area contributed by atoms with Crippen molar-refractivity contribution >= 4 is 16.8 Å². The highest BCUT2D eigenvalue weighted by Crippen LogP contribution is 2.19. The fraction of sp³-hybridized carbons (Fsp3) is 0.471. The molecular weight excluding hydrogens is 262 g/mol. The van der Waals surface area contributed by atoms with Gasteiger partial charge in [-0.15, -0.1) is 0 Å². The minimum absolute atomic E-state index is 0.233. The number of carbonyl (C=O) groups excluding carboxylic acids is 1. The summed E-state index contributed by atoms with van der Waals surface area (Å²) in [5.41, 5.74) is 2.47. The molecule has 0 fully saturated rings.